The Labute approximate surface area is 56.1 Å². The highest BCUT2D eigenvalue weighted by atomic mass is 16.3. The van der Waals surface area contributed by atoms with Gasteiger partial charge in [-0.15, -0.1) is 0 Å². The maximum atomic E-state index is 9.71. The van der Waals surface area contributed by atoms with Gasteiger partial charge in [0.25, 0.3) is 0 Å². The zero-order chi connectivity index (χ0) is 6.54. The summed E-state index contributed by atoms with van der Waals surface area (Å²) < 4.78 is 0. The van der Waals surface area contributed by atoms with Crippen molar-refractivity contribution in [2.45, 2.75) is 44.6 Å². The molecule has 0 aromatic rings. The Morgan fingerprint density at radius 3 is 2.33 bits per heavy atom. The van der Waals surface area contributed by atoms with Gasteiger partial charge in [0.2, 0.25) is 0 Å². The Hall–Kier alpha value is -0.0400. The van der Waals surface area contributed by atoms with E-state index >= 15 is 0 Å². The van der Waals surface area contributed by atoms with E-state index in [1.165, 1.54) is 19.3 Å². The quantitative estimate of drug-likeness (QED) is 0.523. The van der Waals surface area contributed by atoms with E-state index in [1.54, 1.807) is 0 Å². The zero-order valence-electron chi connectivity index (χ0n) is 5.98. The minimum absolute atomic E-state index is 0.217. The molecule has 2 aliphatic carbocycles. The first kappa shape index (κ1) is 5.72. The lowest BCUT2D eigenvalue weighted by Crippen LogP contribution is -2.21. The van der Waals surface area contributed by atoms with Crippen molar-refractivity contribution in [2.24, 2.45) is 5.41 Å². The van der Waals surface area contributed by atoms with Crippen LogP contribution < -0.4 is 0 Å². The van der Waals surface area contributed by atoms with Crippen LogP contribution in [0.2, 0.25) is 0 Å². The summed E-state index contributed by atoms with van der Waals surface area (Å²) in [6.45, 7) is 2.21. The third kappa shape index (κ3) is 0.586. The Morgan fingerprint density at radius 2 is 1.89 bits per heavy atom. The second-order valence-corrected chi connectivity index (χ2v) is 3.98. The maximum absolute atomic E-state index is 9.71. The molecule has 0 radical (unpaired) electrons. The van der Waals surface area contributed by atoms with Crippen molar-refractivity contribution >= 4 is 0 Å². The Balaban J connectivity index is 2.15. The lowest BCUT2D eigenvalue weighted by atomic mass is 9.88. The molecule has 2 aliphatic rings. The first-order chi connectivity index (χ1) is 4.16. The molecular weight excluding hydrogens is 112 g/mol. The van der Waals surface area contributed by atoms with Crippen molar-refractivity contribution in [3.63, 3.8) is 0 Å². The van der Waals surface area contributed by atoms with Gasteiger partial charge in [0.15, 0.2) is 0 Å². The molecule has 1 nitrogen and oxygen atoms in total. The molecule has 0 bridgehead atoms. The van der Waals surface area contributed by atoms with Crippen LogP contribution in [0.15, 0.2) is 0 Å². The van der Waals surface area contributed by atoms with Crippen LogP contribution in [-0.4, -0.2) is 10.7 Å². The fraction of sp³-hybridized carbons (Fsp3) is 1.00. The van der Waals surface area contributed by atoms with Gasteiger partial charge < -0.3 is 5.11 Å². The molecule has 9 heavy (non-hydrogen) atoms. The molecule has 52 valence electrons. The van der Waals surface area contributed by atoms with Crippen LogP contribution in [0.3, 0.4) is 0 Å². The molecule has 0 aliphatic heterocycles. The highest BCUT2D eigenvalue weighted by Gasteiger charge is 2.63. The smallest absolute Gasteiger partial charge is 0.0708 e. The number of hydrogen-bond acceptors (Lipinski definition) is 1. The van der Waals surface area contributed by atoms with Crippen LogP contribution in [0.25, 0.3) is 0 Å². The first-order valence-corrected chi connectivity index (χ1v) is 3.89. The van der Waals surface area contributed by atoms with E-state index in [9.17, 15) is 5.11 Å². The normalized spacial score (nSPS) is 56.7. The molecule has 1 heteroatoms. The van der Waals surface area contributed by atoms with Crippen molar-refractivity contribution in [1.82, 2.24) is 0 Å². The molecule has 2 saturated carbocycles. The lowest BCUT2D eigenvalue weighted by molar-refractivity contribution is 0.0698. The minimum atomic E-state index is -0.217. The van der Waals surface area contributed by atoms with Gasteiger partial charge >= 0.3 is 0 Å². The highest BCUT2D eigenvalue weighted by Crippen LogP contribution is 2.64. The SMILES string of the molecule is CC12CCCCC1(O)C2. The fourth-order valence-corrected chi connectivity index (χ4v) is 2.25. The number of rotatable bonds is 0. The molecule has 2 fully saturated rings. The molecule has 2 atom stereocenters. The molecule has 0 spiro atoms. The Morgan fingerprint density at radius 1 is 1.22 bits per heavy atom. The average Bonchev–Trinajstić information content (AvgIpc) is 2.33. The Bertz CT molecular complexity index is 120. The summed E-state index contributed by atoms with van der Waals surface area (Å²) in [6, 6.07) is 0. The van der Waals surface area contributed by atoms with Crippen molar-refractivity contribution in [2.75, 3.05) is 0 Å². The molecule has 1 N–H and O–H groups in total. The molecule has 0 aromatic carbocycles. The van der Waals surface area contributed by atoms with Crippen molar-refractivity contribution in [1.29, 1.82) is 0 Å². The van der Waals surface area contributed by atoms with Gasteiger partial charge in [0, 0.05) is 0 Å². The van der Waals surface area contributed by atoms with Crippen molar-refractivity contribution in [3.8, 4) is 0 Å². The van der Waals surface area contributed by atoms with Crippen LogP contribution >= 0.6 is 0 Å². The topological polar surface area (TPSA) is 20.2 Å². The molecule has 2 rings (SSSR count). The largest absolute Gasteiger partial charge is 0.389 e. The van der Waals surface area contributed by atoms with Crippen molar-refractivity contribution in [3.05, 3.63) is 0 Å². The minimum Gasteiger partial charge on any atom is -0.389 e. The average molecular weight is 126 g/mol. The molecule has 0 amide bonds. The van der Waals surface area contributed by atoms with Crippen LogP contribution in [-0.2, 0) is 0 Å². The van der Waals surface area contributed by atoms with E-state index in [-0.39, 0.29) is 5.60 Å². The third-order valence-corrected chi connectivity index (χ3v) is 3.25. The second-order valence-electron chi connectivity index (χ2n) is 3.98. The van der Waals surface area contributed by atoms with Gasteiger partial charge in [-0.2, -0.15) is 0 Å². The van der Waals surface area contributed by atoms with E-state index in [0.29, 0.717) is 5.41 Å². The van der Waals surface area contributed by atoms with Gasteiger partial charge in [-0.25, -0.2) is 0 Å². The lowest BCUT2D eigenvalue weighted by Gasteiger charge is -2.22. The van der Waals surface area contributed by atoms with Gasteiger partial charge in [-0.3, -0.25) is 0 Å². The van der Waals surface area contributed by atoms with E-state index in [1.807, 2.05) is 0 Å². The first-order valence-electron chi connectivity index (χ1n) is 3.89. The summed E-state index contributed by atoms with van der Waals surface area (Å²) in [4.78, 5) is 0. The van der Waals surface area contributed by atoms with E-state index in [4.69, 9.17) is 0 Å². The monoisotopic (exact) mass is 126 g/mol. The van der Waals surface area contributed by atoms with E-state index < -0.39 is 0 Å². The van der Waals surface area contributed by atoms with Crippen LogP contribution in [0.1, 0.15) is 39.0 Å². The molecule has 0 aromatic heterocycles. The van der Waals surface area contributed by atoms with Crippen LogP contribution in [0.4, 0.5) is 0 Å². The number of hydrogen-bond donors (Lipinski definition) is 1. The number of aliphatic hydroxyl groups is 1. The van der Waals surface area contributed by atoms with Gasteiger partial charge in [-0.05, 0) is 24.7 Å². The van der Waals surface area contributed by atoms with E-state index in [2.05, 4.69) is 6.92 Å². The van der Waals surface area contributed by atoms with Crippen LogP contribution in [0.5, 0.6) is 0 Å². The fourth-order valence-electron chi connectivity index (χ4n) is 2.25. The molecule has 0 saturated heterocycles. The summed E-state index contributed by atoms with van der Waals surface area (Å²) in [5.74, 6) is 0. The van der Waals surface area contributed by atoms with Gasteiger partial charge in [0.05, 0.1) is 5.60 Å². The predicted octanol–water partition coefficient (Wildman–Crippen LogP) is 1.70. The molecule has 2 unspecified atom stereocenters. The zero-order valence-corrected chi connectivity index (χ0v) is 5.98. The van der Waals surface area contributed by atoms with Crippen molar-refractivity contribution < 1.29 is 5.11 Å². The highest BCUT2D eigenvalue weighted by molar-refractivity contribution is 5.14. The van der Waals surface area contributed by atoms with Gasteiger partial charge in [-0.1, -0.05) is 19.8 Å². The maximum Gasteiger partial charge on any atom is 0.0708 e. The standard InChI is InChI=1S/C8H14O/c1-7-4-2-3-5-8(7,9)6-7/h9H,2-6H2,1H3. The summed E-state index contributed by atoms with van der Waals surface area (Å²) in [5.41, 5.74) is 0.122. The predicted molar refractivity (Wildman–Crippen MR) is 36.1 cm³/mol. The summed E-state index contributed by atoms with van der Waals surface area (Å²) in [5, 5.41) is 9.71. The summed E-state index contributed by atoms with van der Waals surface area (Å²) >= 11 is 0. The van der Waals surface area contributed by atoms with Crippen LogP contribution in [0, 0.1) is 5.41 Å². The summed E-state index contributed by atoms with van der Waals surface area (Å²) in [6.07, 6.45) is 5.96. The summed E-state index contributed by atoms with van der Waals surface area (Å²) in [7, 11) is 0. The third-order valence-electron chi connectivity index (χ3n) is 3.25. The number of fused-ring (bicyclic) bond motifs is 1. The molecular formula is C8H14O. The second kappa shape index (κ2) is 1.34. The molecule has 0 heterocycles. The van der Waals surface area contributed by atoms with E-state index in [0.717, 1.165) is 12.8 Å². The Kier molecular flexibility index (Phi) is 0.852. The van der Waals surface area contributed by atoms with Gasteiger partial charge in [0.1, 0.15) is 0 Å².